The predicted molar refractivity (Wildman–Crippen MR) is 59.9 cm³/mol. The summed E-state index contributed by atoms with van der Waals surface area (Å²) in [6.07, 6.45) is 3.79. The minimum atomic E-state index is 0.584. The number of rotatable bonds is 4. The Kier molecular flexibility index (Phi) is 2.51. The Morgan fingerprint density at radius 2 is 2.29 bits per heavy atom. The lowest BCUT2D eigenvalue weighted by atomic mass is 10.2. The standard InChI is InChI=1S/C10H11N7/c1-2-4-17-9(3-1)8(6-12-17)5-11-7-10-13-15-16-14-10/h1-4,6,11H,5,7H2,(H,13,14,15,16). The monoisotopic (exact) mass is 229 g/mol. The van der Waals surface area contributed by atoms with Crippen LogP contribution in [0.25, 0.3) is 5.52 Å². The summed E-state index contributed by atoms with van der Waals surface area (Å²) < 4.78 is 1.85. The number of H-pyrrole nitrogens is 1. The molecule has 7 nitrogen and oxygen atoms in total. The van der Waals surface area contributed by atoms with Crippen molar-refractivity contribution in [3.05, 3.63) is 42.0 Å². The molecule has 0 saturated heterocycles. The fraction of sp³-hybridized carbons (Fsp3) is 0.200. The lowest BCUT2D eigenvalue weighted by molar-refractivity contribution is 0.666. The second-order valence-corrected chi connectivity index (χ2v) is 3.63. The van der Waals surface area contributed by atoms with Gasteiger partial charge in [-0.15, -0.1) is 10.2 Å². The number of nitrogens with zero attached hydrogens (tertiary/aromatic N) is 5. The minimum Gasteiger partial charge on any atom is -0.305 e. The summed E-state index contributed by atoms with van der Waals surface area (Å²) in [5.74, 6) is 0.654. The molecule has 86 valence electrons. The summed E-state index contributed by atoms with van der Waals surface area (Å²) in [7, 11) is 0. The molecule has 17 heavy (non-hydrogen) atoms. The van der Waals surface area contributed by atoms with Gasteiger partial charge >= 0.3 is 0 Å². The molecule has 0 amide bonds. The van der Waals surface area contributed by atoms with E-state index in [1.807, 2.05) is 35.1 Å². The molecule has 3 rings (SSSR count). The van der Waals surface area contributed by atoms with E-state index in [1.54, 1.807) is 0 Å². The minimum absolute atomic E-state index is 0.584. The molecule has 0 spiro atoms. The van der Waals surface area contributed by atoms with Crippen LogP contribution in [0.5, 0.6) is 0 Å². The van der Waals surface area contributed by atoms with Crippen LogP contribution in [-0.2, 0) is 13.1 Å². The van der Waals surface area contributed by atoms with E-state index in [-0.39, 0.29) is 0 Å². The molecule has 0 aliphatic rings. The van der Waals surface area contributed by atoms with Gasteiger partial charge in [0.1, 0.15) is 0 Å². The highest BCUT2D eigenvalue weighted by Gasteiger charge is 2.03. The van der Waals surface area contributed by atoms with Crippen LogP contribution in [0.2, 0.25) is 0 Å². The van der Waals surface area contributed by atoms with E-state index in [0.29, 0.717) is 12.4 Å². The molecule has 0 fully saturated rings. The Hall–Kier alpha value is -2.28. The van der Waals surface area contributed by atoms with Gasteiger partial charge < -0.3 is 5.32 Å². The van der Waals surface area contributed by atoms with Crippen molar-refractivity contribution in [1.82, 2.24) is 35.6 Å². The van der Waals surface area contributed by atoms with Crippen molar-refractivity contribution in [2.75, 3.05) is 0 Å². The molecule has 0 aromatic carbocycles. The van der Waals surface area contributed by atoms with E-state index in [2.05, 4.69) is 31.0 Å². The number of hydrogen-bond acceptors (Lipinski definition) is 5. The number of tetrazole rings is 1. The molecule has 0 bridgehead atoms. The van der Waals surface area contributed by atoms with E-state index in [0.717, 1.165) is 17.6 Å². The Labute approximate surface area is 96.8 Å². The fourth-order valence-corrected chi connectivity index (χ4v) is 1.69. The zero-order valence-corrected chi connectivity index (χ0v) is 9.04. The first-order valence-electron chi connectivity index (χ1n) is 5.28. The first-order valence-corrected chi connectivity index (χ1v) is 5.28. The number of fused-ring (bicyclic) bond motifs is 1. The van der Waals surface area contributed by atoms with Crippen LogP contribution in [0.4, 0.5) is 0 Å². The summed E-state index contributed by atoms with van der Waals surface area (Å²) in [6.45, 7) is 1.31. The van der Waals surface area contributed by atoms with Gasteiger partial charge in [-0.05, 0) is 12.1 Å². The molecule has 0 saturated carbocycles. The second kappa shape index (κ2) is 4.30. The van der Waals surface area contributed by atoms with Crippen molar-refractivity contribution < 1.29 is 0 Å². The third kappa shape index (κ3) is 2.00. The molecule has 0 unspecified atom stereocenters. The second-order valence-electron chi connectivity index (χ2n) is 3.63. The molecule has 3 heterocycles. The Balaban J connectivity index is 1.69. The summed E-state index contributed by atoms with van der Waals surface area (Å²) in [5.41, 5.74) is 2.25. The highest BCUT2D eigenvalue weighted by Crippen LogP contribution is 2.09. The van der Waals surface area contributed by atoms with Gasteiger partial charge in [0.25, 0.3) is 0 Å². The number of nitrogens with one attached hydrogen (secondary N) is 2. The van der Waals surface area contributed by atoms with Crippen LogP contribution in [-0.4, -0.2) is 30.2 Å². The zero-order chi connectivity index (χ0) is 11.5. The summed E-state index contributed by atoms with van der Waals surface area (Å²) >= 11 is 0. The molecule has 3 aromatic heterocycles. The van der Waals surface area contributed by atoms with E-state index in [4.69, 9.17) is 0 Å². The van der Waals surface area contributed by atoms with Gasteiger partial charge in [-0.1, -0.05) is 11.3 Å². The van der Waals surface area contributed by atoms with Crippen LogP contribution < -0.4 is 5.32 Å². The topological polar surface area (TPSA) is 83.8 Å². The van der Waals surface area contributed by atoms with Crippen molar-refractivity contribution in [2.24, 2.45) is 0 Å². The number of hydrogen-bond donors (Lipinski definition) is 2. The highest BCUT2D eigenvalue weighted by atomic mass is 15.5. The molecule has 3 aromatic rings. The summed E-state index contributed by atoms with van der Waals surface area (Å²) in [4.78, 5) is 0. The van der Waals surface area contributed by atoms with Gasteiger partial charge in [-0.2, -0.15) is 10.3 Å². The molecule has 7 heteroatoms. The Morgan fingerprint density at radius 1 is 1.29 bits per heavy atom. The van der Waals surface area contributed by atoms with E-state index in [9.17, 15) is 0 Å². The van der Waals surface area contributed by atoms with E-state index in [1.165, 1.54) is 0 Å². The molecule has 0 atom stereocenters. The van der Waals surface area contributed by atoms with Crippen molar-refractivity contribution in [3.8, 4) is 0 Å². The van der Waals surface area contributed by atoms with Crippen LogP contribution in [0.3, 0.4) is 0 Å². The summed E-state index contributed by atoms with van der Waals surface area (Å²) in [5, 5.41) is 21.2. The van der Waals surface area contributed by atoms with Crippen molar-refractivity contribution in [2.45, 2.75) is 13.1 Å². The van der Waals surface area contributed by atoms with Crippen LogP contribution >= 0.6 is 0 Å². The van der Waals surface area contributed by atoms with E-state index >= 15 is 0 Å². The molecule has 0 aliphatic heterocycles. The first kappa shape index (κ1) is 9.91. The smallest absolute Gasteiger partial charge is 0.188 e. The van der Waals surface area contributed by atoms with E-state index < -0.39 is 0 Å². The Morgan fingerprint density at radius 3 is 3.18 bits per heavy atom. The van der Waals surface area contributed by atoms with Gasteiger partial charge in [-0.25, -0.2) is 4.52 Å². The van der Waals surface area contributed by atoms with Gasteiger partial charge in [0, 0.05) is 18.3 Å². The molecular formula is C10H11N7. The SMILES string of the molecule is c1ccn2ncc(CNCc3nn[nH]n3)c2c1. The third-order valence-corrected chi connectivity index (χ3v) is 2.49. The maximum absolute atomic E-state index is 4.26. The first-order chi connectivity index (χ1) is 8.43. The van der Waals surface area contributed by atoms with Crippen LogP contribution in [0, 0.1) is 0 Å². The number of pyridine rings is 1. The molecule has 0 aliphatic carbocycles. The quantitative estimate of drug-likeness (QED) is 0.664. The van der Waals surface area contributed by atoms with Crippen molar-refractivity contribution in [3.63, 3.8) is 0 Å². The average molecular weight is 229 g/mol. The number of aromatic nitrogens is 6. The van der Waals surface area contributed by atoms with Crippen LogP contribution in [0.15, 0.2) is 30.6 Å². The maximum atomic E-state index is 4.26. The third-order valence-electron chi connectivity index (χ3n) is 2.49. The highest BCUT2D eigenvalue weighted by molar-refractivity contribution is 5.53. The van der Waals surface area contributed by atoms with Gasteiger partial charge in [0.2, 0.25) is 0 Å². The fourth-order valence-electron chi connectivity index (χ4n) is 1.69. The van der Waals surface area contributed by atoms with Gasteiger partial charge in [0.05, 0.1) is 18.3 Å². The number of aromatic amines is 1. The lowest BCUT2D eigenvalue weighted by Gasteiger charge is -2.00. The summed E-state index contributed by atoms with van der Waals surface area (Å²) in [6, 6.07) is 5.99. The molecule has 0 radical (unpaired) electrons. The maximum Gasteiger partial charge on any atom is 0.188 e. The zero-order valence-electron chi connectivity index (χ0n) is 9.04. The van der Waals surface area contributed by atoms with Crippen LogP contribution in [0.1, 0.15) is 11.4 Å². The van der Waals surface area contributed by atoms with Gasteiger partial charge in [0.15, 0.2) is 5.82 Å². The van der Waals surface area contributed by atoms with Crippen molar-refractivity contribution in [1.29, 1.82) is 0 Å². The lowest BCUT2D eigenvalue weighted by Crippen LogP contribution is -2.13. The largest absolute Gasteiger partial charge is 0.305 e. The van der Waals surface area contributed by atoms with Crippen molar-refractivity contribution >= 4 is 5.52 Å². The molecule has 2 N–H and O–H groups in total. The normalized spacial score (nSPS) is 11.1. The predicted octanol–water partition coefficient (Wildman–Crippen LogP) is 0.137. The Bertz CT molecular complexity index is 598. The average Bonchev–Trinajstić information content (AvgIpc) is 2.99. The van der Waals surface area contributed by atoms with Gasteiger partial charge in [-0.3, -0.25) is 0 Å². The molecular weight excluding hydrogens is 218 g/mol.